The summed E-state index contributed by atoms with van der Waals surface area (Å²) in [6.45, 7) is 12.3. The zero-order chi connectivity index (χ0) is 37.7. The first kappa shape index (κ1) is 37.0. The van der Waals surface area contributed by atoms with Crippen molar-refractivity contribution in [2.24, 2.45) is 0 Å². The minimum Gasteiger partial charge on any atom is -0.508 e. The number of aromatic hydroxyl groups is 1. The van der Waals surface area contributed by atoms with Crippen LogP contribution < -0.4 is 10.1 Å². The van der Waals surface area contributed by atoms with Crippen LogP contribution in [0.2, 0.25) is 0 Å². The average molecular weight is 739 g/mol. The number of ether oxygens (including phenoxy) is 1. The minimum atomic E-state index is -0.327. The molecule has 3 aliphatic heterocycles. The van der Waals surface area contributed by atoms with Gasteiger partial charge in [0.15, 0.2) is 0 Å². The van der Waals surface area contributed by atoms with Gasteiger partial charge in [-0.3, -0.25) is 14.9 Å². The molecular formula is C47H54N4O4. The second kappa shape index (κ2) is 16.8. The Morgan fingerprint density at radius 3 is 2.35 bits per heavy atom. The number of nitrogens with zero attached hydrogens (tertiary/aromatic N) is 3. The molecule has 0 aromatic heterocycles. The molecule has 0 bridgehead atoms. The fourth-order valence-electron chi connectivity index (χ4n) is 9.43. The molecule has 8 rings (SSSR count). The molecule has 2 amide bonds. The van der Waals surface area contributed by atoms with Crippen molar-refractivity contribution >= 4 is 17.5 Å². The van der Waals surface area contributed by atoms with Gasteiger partial charge >= 0.3 is 0 Å². The van der Waals surface area contributed by atoms with Gasteiger partial charge in [-0.2, -0.15) is 0 Å². The maximum Gasteiger partial charge on any atom is 0.249 e. The van der Waals surface area contributed by atoms with Crippen LogP contribution in [0.1, 0.15) is 89.3 Å². The topological polar surface area (TPSA) is 85.3 Å². The van der Waals surface area contributed by atoms with Gasteiger partial charge in [-0.05, 0) is 128 Å². The summed E-state index contributed by atoms with van der Waals surface area (Å²) in [5, 5.41) is 12.7. The SMILES string of the molecule is C=C1c2ccc(CCCN3CCCN(CCCOc4ccc([C@H]5c6ccc(O)cc6CC[C@H]5c5ccccc5)cc4)CC3)cc2CN1C1CCC(=O)NC1=O. The number of amides is 2. The number of hydrogen-bond acceptors (Lipinski definition) is 7. The van der Waals surface area contributed by atoms with Gasteiger partial charge in [0.2, 0.25) is 11.8 Å². The largest absolute Gasteiger partial charge is 0.508 e. The van der Waals surface area contributed by atoms with Gasteiger partial charge in [-0.15, -0.1) is 0 Å². The highest BCUT2D eigenvalue weighted by molar-refractivity contribution is 6.01. The number of carbonyl (C=O) groups is 2. The number of hydrogen-bond donors (Lipinski definition) is 2. The Morgan fingerprint density at radius 2 is 1.56 bits per heavy atom. The predicted molar refractivity (Wildman–Crippen MR) is 217 cm³/mol. The molecule has 2 fully saturated rings. The van der Waals surface area contributed by atoms with Crippen molar-refractivity contribution in [1.82, 2.24) is 20.0 Å². The van der Waals surface area contributed by atoms with Crippen molar-refractivity contribution in [3.05, 3.63) is 137 Å². The lowest BCUT2D eigenvalue weighted by Crippen LogP contribution is -2.50. The highest BCUT2D eigenvalue weighted by Gasteiger charge is 2.36. The van der Waals surface area contributed by atoms with Gasteiger partial charge in [0.25, 0.3) is 0 Å². The van der Waals surface area contributed by atoms with Crippen LogP contribution >= 0.6 is 0 Å². The van der Waals surface area contributed by atoms with E-state index in [1.807, 2.05) is 12.1 Å². The van der Waals surface area contributed by atoms with Gasteiger partial charge in [-0.1, -0.05) is 73.3 Å². The average Bonchev–Trinajstić information content (AvgIpc) is 3.35. The molecule has 55 heavy (non-hydrogen) atoms. The van der Waals surface area contributed by atoms with E-state index in [1.165, 1.54) is 39.8 Å². The summed E-state index contributed by atoms with van der Waals surface area (Å²) in [7, 11) is 0. The van der Waals surface area contributed by atoms with E-state index in [0.717, 1.165) is 88.4 Å². The van der Waals surface area contributed by atoms with Gasteiger partial charge < -0.3 is 24.5 Å². The second-order valence-corrected chi connectivity index (χ2v) is 15.9. The lowest BCUT2D eigenvalue weighted by molar-refractivity contribution is -0.136. The number of aryl methyl sites for hydroxylation is 2. The van der Waals surface area contributed by atoms with Crippen molar-refractivity contribution < 1.29 is 19.4 Å². The van der Waals surface area contributed by atoms with E-state index in [0.29, 0.717) is 37.7 Å². The van der Waals surface area contributed by atoms with E-state index in [2.05, 4.69) is 105 Å². The summed E-state index contributed by atoms with van der Waals surface area (Å²) in [4.78, 5) is 31.4. The van der Waals surface area contributed by atoms with E-state index < -0.39 is 0 Å². The molecule has 2 N–H and O–H groups in total. The Kier molecular flexibility index (Phi) is 11.3. The first-order valence-electron chi connectivity index (χ1n) is 20.4. The summed E-state index contributed by atoms with van der Waals surface area (Å²) in [5.74, 6) is 1.50. The highest BCUT2D eigenvalue weighted by atomic mass is 16.5. The van der Waals surface area contributed by atoms with E-state index >= 15 is 0 Å². The third-order valence-corrected chi connectivity index (χ3v) is 12.3. The van der Waals surface area contributed by atoms with Crippen molar-refractivity contribution in [2.45, 2.75) is 75.8 Å². The lowest BCUT2D eigenvalue weighted by atomic mass is 9.69. The zero-order valence-electron chi connectivity index (χ0n) is 31.9. The minimum absolute atomic E-state index is 0.185. The monoisotopic (exact) mass is 738 g/mol. The van der Waals surface area contributed by atoms with Gasteiger partial charge in [0, 0.05) is 49.8 Å². The van der Waals surface area contributed by atoms with Crippen LogP contribution in [0, 0.1) is 0 Å². The van der Waals surface area contributed by atoms with E-state index in [1.54, 1.807) is 0 Å². The van der Waals surface area contributed by atoms with Crippen LogP contribution in [0.25, 0.3) is 5.70 Å². The quantitative estimate of drug-likeness (QED) is 0.117. The first-order chi connectivity index (χ1) is 26.9. The summed E-state index contributed by atoms with van der Waals surface area (Å²) in [6.07, 6.45) is 7.29. The molecule has 286 valence electrons. The molecule has 8 nitrogen and oxygen atoms in total. The zero-order valence-corrected chi connectivity index (χ0v) is 31.9. The van der Waals surface area contributed by atoms with Crippen LogP contribution in [0.5, 0.6) is 11.5 Å². The molecule has 4 aromatic rings. The summed E-state index contributed by atoms with van der Waals surface area (Å²) >= 11 is 0. The summed E-state index contributed by atoms with van der Waals surface area (Å²) < 4.78 is 6.25. The molecule has 0 spiro atoms. The third kappa shape index (κ3) is 8.51. The smallest absolute Gasteiger partial charge is 0.249 e. The Morgan fingerprint density at radius 1 is 0.782 bits per heavy atom. The van der Waals surface area contributed by atoms with E-state index in [4.69, 9.17) is 4.74 Å². The van der Waals surface area contributed by atoms with Crippen LogP contribution in [0.4, 0.5) is 0 Å². The number of rotatable bonds is 12. The molecule has 4 aliphatic rings. The second-order valence-electron chi connectivity index (χ2n) is 15.9. The Labute approximate surface area is 325 Å². The number of nitrogens with one attached hydrogen (secondary N) is 1. The molecule has 8 heteroatoms. The number of piperidine rings is 1. The van der Waals surface area contributed by atoms with E-state index in [9.17, 15) is 14.7 Å². The molecule has 3 atom stereocenters. The summed E-state index contributed by atoms with van der Waals surface area (Å²) in [5.41, 5.74) is 9.78. The Balaban J connectivity index is 0.770. The molecule has 2 saturated heterocycles. The van der Waals surface area contributed by atoms with Crippen molar-refractivity contribution in [1.29, 1.82) is 0 Å². The lowest BCUT2D eigenvalue weighted by Gasteiger charge is -2.34. The Bertz CT molecular complexity index is 2000. The number of fused-ring (bicyclic) bond motifs is 2. The fourth-order valence-corrected chi connectivity index (χ4v) is 9.43. The van der Waals surface area contributed by atoms with Crippen LogP contribution in [-0.2, 0) is 29.0 Å². The number of imide groups is 1. The molecule has 1 aliphatic carbocycles. The third-order valence-electron chi connectivity index (χ3n) is 12.3. The number of phenols is 1. The molecule has 0 saturated carbocycles. The predicted octanol–water partition coefficient (Wildman–Crippen LogP) is 7.26. The van der Waals surface area contributed by atoms with Crippen molar-refractivity contribution in [3.8, 4) is 11.5 Å². The van der Waals surface area contributed by atoms with Crippen molar-refractivity contribution in [3.63, 3.8) is 0 Å². The van der Waals surface area contributed by atoms with Crippen LogP contribution in [-0.4, -0.2) is 83.5 Å². The number of phenolic OH excluding ortho intramolecular Hbond substituents is 1. The number of benzene rings is 4. The normalized spacial score (nSPS) is 21.9. The van der Waals surface area contributed by atoms with Gasteiger partial charge in [0.05, 0.1) is 6.61 Å². The molecule has 4 aromatic carbocycles. The fraction of sp³-hybridized carbons (Fsp3) is 0.404. The van der Waals surface area contributed by atoms with Crippen molar-refractivity contribution in [2.75, 3.05) is 45.9 Å². The van der Waals surface area contributed by atoms with Gasteiger partial charge in [-0.25, -0.2) is 0 Å². The highest BCUT2D eigenvalue weighted by Crippen LogP contribution is 2.47. The maximum atomic E-state index is 12.5. The molecule has 1 unspecified atom stereocenters. The summed E-state index contributed by atoms with van der Waals surface area (Å²) in [6, 6.07) is 31.8. The van der Waals surface area contributed by atoms with Crippen LogP contribution in [0.3, 0.4) is 0 Å². The standard InChI is InChI=1S/C47H54N4O4/c1-33-41-18-11-34(30-38(41)32-51(33)44-21-22-45(53)48-47(44)54)8-5-23-49-24-6-25-50(28-27-49)26-7-29-55-40-16-12-36(13-17-40)46-42(35-9-3-2-4-10-35)19-14-37-31-39(52)15-20-43(37)46/h2-4,9-13,15-18,20,30-31,42,44,46,52H,1,5-8,14,19,21-29,32H2,(H,48,53,54)/t42-,44?,46+/m0/s1. The maximum absolute atomic E-state index is 12.5. The molecular weight excluding hydrogens is 685 g/mol. The number of carbonyl (C=O) groups excluding carboxylic acids is 2. The molecule has 0 radical (unpaired) electrons. The first-order valence-corrected chi connectivity index (χ1v) is 20.4. The Hall–Kier alpha value is -4.92. The molecule has 3 heterocycles. The van der Waals surface area contributed by atoms with E-state index in [-0.39, 0.29) is 23.8 Å². The van der Waals surface area contributed by atoms with Gasteiger partial charge in [0.1, 0.15) is 17.5 Å². The van der Waals surface area contributed by atoms with Crippen LogP contribution in [0.15, 0.2) is 97.6 Å².